The van der Waals surface area contributed by atoms with Crippen molar-refractivity contribution < 1.29 is 14.7 Å². The first-order valence-corrected chi connectivity index (χ1v) is 9.55. The average Bonchev–Trinajstić information content (AvgIpc) is 3.07. The van der Waals surface area contributed by atoms with Crippen molar-refractivity contribution in [2.75, 3.05) is 0 Å². The molecule has 0 aliphatic carbocycles. The third kappa shape index (κ3) is 4.07. The van der Waals surface area contributed by atoms with Crippen molar-refractivity contribution in [1.82, 2.24) is 19.5 Å². The summed E-state index contributed by atoms with van der Waals surface area (Å²) < 4.78 is 2.64. The molecule has 1 amide bonds. The van der Waals surface area contributed by atoms with E-state index in [0.717, 1.165) is 10.8 Å². The molecule has 2 N–H and O–H groups in total. The molecule has 0 radical (unpaired) electrons. The lowest BCUT2D eigenvalue weighted by molar-refractivity contribution is -0.137. The zero-order valence-electron chi connectivity index (χ0n) is 16.1. The number of rotatable bonds is 7. The summed E-state index contributed by atoms with van der Waals surface area (Å²) in [5, 5.41) is 18.3. The molecule has 4 rings (SSSR count). The zero-order valence-corrected chi connectivity index (χ0v) is 16.1. The molecular formula is C22H20N4O4. The number of nitrogens with zero attached hydrogens (tertiary/aromatic N) is 3. The fraction of sp³-hybridized carbons (Fsp3) is 0.182. The Balaban J connectivity index is 1.49. The number of carbonyl (C=O) groups is 2. The van der Waals surface area contributed by atoms with Crippen LogP contribution in [0, 0.1) is 0 Å². The second kappa shape index (κ2) is 8.20. The summed E-state index contributed by atoms with van der Waals surface area (Å²) in [6.07, 6.45) is 1.38. The maximum atomic E-state index is 12.5. The lowest BCUT2D eigenvalue weighted by Crippen LogP contribution is -2.32. The van der Waals surface area contributed by atoms with Crippen LogP contribution < -0.4 is 11.0 Å². The molecule has 2 heterocycles. The van der Waals surface area contributed by atoms with E-state index in [-0.39, 0.29) is 31.0 Å². The molecule has 8 heteroatoms. The first kappa shape index (κ1) is 19.4. The van der Waals surface area contributed by atoms with Crippen LogP contribution in [0.4, 0.5) is 0 Å². The molecule has 152 valence electrons. The Morgan fingerprint density at radius 3 is 2.57 bits per heavy atom. The van der Waals surface area contributed by atoms with Crippen molar-refractivity contribution in [3.8, 4) is 0 Å². The third-order valence-corrected chi connectivity index (χ3v) is 4.93. The van der Waals surface area contributed by atoms with Crippen molar-refractivity contribution in [1.29, 1.82) is 0 Å². The number of hydrogen-bond acceptors (Lipinski definition) is 4. The van der Waals surface area contributed by atoms with Crippen LogP contribution in [0.1, 0.15) is 24.4 Å². The number of benzene rings is 2. The van der Waals surface area contributed by atoms with E-state index < -0.39 is 12.0 Å². The molecule has 0 bridgehead atoms. The number of hydrogen-bond donors (Lipinski definition) is 2. The summed E-state index contributed by atoms with van der Waals surface area (Å²) in [4.78, 5) is 36.2. The van der Waals surface area contributed by atoms with Crippen molar-refractivity contribution in [2.24, 2.45) is 0 Å². The Morgan fingerprint density at radius 2 is 1.80 bits per heavy atom. The van der Waals surface area contributed by atoms with Crippen LogP contribution >= 0.6 is 0 Å². The number of fused-ring (bicyclic) bond motifs is 2. The molecule has 2 aromatic carbocycles. The predicted octanol–water partition coefficient (Wildman–Crippen LogP) is 2.37. The smallest absolute Gasteiger partial charge is 0.350 e. The SMILES string of the molecule is O=C(O)CC(NC(=O)CCn1nc2ccccn2c1=O)c1ccc2ccccc2c1. The molecular weight excluding hydrogens is 384 g/mol. The normalized spacial score (nSPS) is 12.1. The molecule has 1 atom stereocenters. The number of pyridine rings is 1. The van der Waals surface area contributed by atoms with Gasteiger partial charge in [0.15, 0.2) is 5.65 Å². The van der Waals surface area contributed by atoms with Gasteiger partial charge in [-0.2, -0.15) is 0 Å². The van der Waals surface area contributed by atoms with Crippen LogP contribution in [0.5, 0.6) is 0 Å². The zero-order chi connectivity index (χ0) is 21.1. The molecule has 2 aromatic heterocycles. The molecule has 30 heavy (non-hydrogen) atoms. The van der Waals surface area contributed by atoms with Gasteiger partial charge in [0.1, 0.15) is 0 Å². The van der Waals surface area contributed by atoms with E-state index in [0.29, 0.717) is 11.2 Å². The van der Waals surface area contributed by atoms with Gasteiger partial charge in [-0.3, -0.25) is 14.0 Å². The van der Waals surface area contributed by atoms with Gasteiger partial charge in [-0.25, -0.2) is 9.48 Å². The van der Waals surface area contributed by atoms with Gasteiger partial charge < -0.3 is 10.4 Å². The maximum absolute atomic E-state index is 12.5. The summed E-state index contributed by atoms with van der Waals surface area (Å²) in [7, 11) is 0. The first-order chi connectivity index (χ1) is 14.5. The van der Waals surface area contributed by atoms with Crippen molar-refractivity contribution >= 4 is 28.3 Å². The number of aryl methyl sites for hydroxylation is 1. The Hall–Kier alpha value is -3.94. The van der Waals surface area contributed by atoms with E-state index in [9.17, 15) is 19.5 Å². The van der Waals surface area contributed by atoms with E-state index in [1.165, 1.54) is 9.08 Å². The van der Waals surface area contributed by atoms with Gasteiger partial charge in [-0.05, 0) is 34.5 Å². The van der Waals surface area contributed by atoms with Gasteiger partial charge in [-0.1, -0.05) is 42.5 Å². The fourth-order valence-corrected chi connectivity index (χ4v) is 3.44. The molecule has 0 saturated carbocycles. The molecule has 0 fully saturated rings. The van der Waals surface area contributed by atoms with Gasteiger partial charge in [-0.15, -0.1) is 5.10 Å². The molecule has 1 unspecified atom stereocenters. The average molecular weight is 404 g/mol. The summed E-state index contributed by atoms with van der Waals surface area (Å²) in [6, 6.07) is 17.9. The molecule has 4 aromatic rings. The second-order valence-corrected chi connectivity index (χ2v) is 7.01. The number of nitrogens with one attached hydrogen (secondary N) is 1. The summed E-state index contributed by atoms with van der Waals surface area (Å²) >= 11 is 0. The van der Waals surface area contributed by atoms with Crippen molar-refractivity contribution in [3.05, 3.63) is 82.9 Å². The summed E-state index contributed by atoms with van der Waals surface area (Å²) in [6.45, 7) is 0.101. The van der Waals surface area contributed by atoms with Crippen LogP contribution in [0.15, 0.2) is 71.7 Å². The summed E-state index contributed by atoms with van der Waals surface area (Å²) in [5.41, 5.74) is 0.896. The molecule has 0 aliphatic rings. The quantitative estimate of drug-likeness (QED) is 0.492. The number of carboxylic acids is 1. The highest BCUT2D eigenvalue weighted by Crippen LogP contribution is 2.23. The highest BCUT2D eigenvalue weighted by Gasteiger charge is 2.19. The summed E-state index contributed by atoms with van der Waals surface area (Å²) in [5.74, 6) is -1.36. The van der Waals surface area contributed by atoms with E-state index in [2.05, 4.69) is 10.4 Å². The first-order valence-electron chi connectivity index (χ1n) is 9.55. The predicted molar refractivity (Wildman–Crippen MR) is 111 cm³/mol. The van der Waals surface area contributed by atoms with E-state index in [4.69, 9.17) is 0 Å². The standard InChI is InChI=1S/C22H20N4O4/c27-20(10-12-26-22(30)25-11-4-3-7-19(25)24-26)23-18(14-21(28)29)17-9-8-15-5-1-2-6-16(15)13-17/h1-9,11,13,18H,10,12,14H2,(H,23,27)(H,28,29). The van der Waals surface area contributed by atoms with E-state index in [1.54, 1.807) is 24.4 Å². The van der Waals surface area contributed by atoms with Crippen LogP contribution in [0.2, 0.25) is 0 Å². The minimum Gasteiger partial charge on any atom is -0.481 e. The number of amides is 1. The Labute approximate surface area is 171 Å². The van der Waals surface area contributed by atoms with Gasteiger partial charge in [0.05, 0.1) is 19.0 Å². The fourth-order valence-electron chi connectivity index (χ4n) is 3.44. The largest absolute Gasteiger partial charge is 0.481 e. The second-order valence-electron chi connectivity index (χ2n) is 7.01. The molecule has 0 spiro atoms. The molecule has 0 saturated heterocycles. The van der Waals surface area contributed by atoms with Crippen LogP contribution in [-0.4, -0.2) is 31.2 Å². The van der Waals surface area contributed by atoms with Gasteiger partial charge in [0, 0.05) is 12.6 Å². The van der Waals surface area contributed by atoms with Crippen LogP contribution in [0.25, 0.3) is 16.4 Å². The number of aliphatic carboxylic acids is 1. The van der Waals surface area contributed by atoms with Gasteiger partial charge in [0.2, 0.25) is 5.91 Å². The minimum absolute atomic E-state index is 0.00743. The van der Waals surface area contributed by atoms with Gasteiger partial charge in [0.25, 0.3) is 0 Å². The Bertz CT molecular complexity index is 1290. The number of carbonyl (C=O) groups excluding carboxylic acids is 1. The van der Waals surface area contributed by atoms with Crippen molar-refractivity contribution in [2.45, 2.75) is 25.4 Å². The highest BCUT2D eigenvalue weighted by molar-refractivity contribution is 5.84. The third-order valence-electron chi connectivity index (χ3n) is 4.93. The van der Waals surface area contributed by atoms with E-state index in [1.807, 2.05) is 42.5 Å². The van der Waals surface area contributed by atoms with Crippen LogP contribution in [-0.2, 0) is 16.1 Å². The van der Waals surface area contributed by atoms with Crippen molar-refractivity contribution in [3.63, 3.8) is 0 Å². The highest BCUT2D eigenvalue weighted by atomic mass is 16.4. The molecule has 0 aliphatic heterocycles. The Kier molecular flexibility index (Phi) is 5.30. The minimum atomic E-state index is -1.01. The van der Waals surface area contributed by atoms with Crippen LogP contribution in [0.3, 0.4) is 0 Å². The lowest BCUT2D eigenvalue weighted by atomic mass is 9.99. The Morgan fingerprint density at radius 1 is 1.03 bits per heavy atom. The van der Waals surface area contributed by atoms with E-state index >= 15 is 0 Å². The molecule has 8 nitrogen and oxygen atoms in total. The van der Waals surface area contributed by atoms with Gasteiger partial charge >= 0.3 is 11.7 Å². The monoisotopic (exact) mass is 404 g/mol. The topological polar surface area (TPSA) is 106 Å². The number of carboxylic acid groups (broad SMARTS) is 1. The lowest BCUT2D eigenvalue weighted by Gasteiger charge is -2.18. The number of aromatic nitrogens is 3. The maximum Gasteiger partial charge on any atom is 0.350 e.